The number of amides is 1. The predicted octanol–water partition coefficient (Wildman–Crippen LogP) is 8.03. The first kappa shape index (κ1) is 43.9. The number of nitrogens with zero attached hydrogens (tertiary/aromatic N) is 3. The number of carbonyl (C=O) groups excluding carboxylic acids is 2. The lowest BCUT2D eigenvalue weighted by molar-refractivity contribution is -0.118. The number of hydrogen-bond acceptors (Lipinski definition) is 9. The van der Waals surface area contributed by atoms with Crippen molar-refractivity contribution in [2.75, 3.05) is 39.3 Å². The second-order valence-corrected chi connectivity index (χ2v) is 18.8. The van der Waals surface area contributed by atoms with E-state index in [1.54, 1.807) is 30.3 Å². The van der Waals surface area contributed by atoms with Gasteiger partial charge in [0.15, 0.2) is 0 Å². The highest BCUT2D eigenvalue weighted by atomic mass is 35.5. The van der Waals surface area contributed by atoms with Gasteiger partial charge in [0.1, 0.15) is 23.7 Å². The number of aliphatic hydroxyl groups excluding tert-OH is 2. The first-order chi connectivity index (χ1) is 29.5. The second kappa shape index (κ2) is 19.8. The fourth-order valence-corrected chi connectivity index (χ4v) is 9.59. The number of fused-ring (bicyclic) bond motifs is 1. The topological polar surface area (TPSA) is 143 Å². The molecule has 1 amide bonds. The van der Waals surface area contributed by atoms with Gasteiger partial charge in [0.05, 0.1) is 28.3 Å². The Morgan fingerprint density at radius 1 is 0.820 bits per heavy atom. The predicted molar refractivity (Wildman–Crippen MR) is 240 cm³/mol. The Morgan fingerprint density at radius 3 is 2.11 bits per heavy atom. The molecule has 7 atom stereocenters. The van der Waals surface area contributed by atoms with Crippen molar-refractivity contribution in [3.63, 3.8) is 0 Å². The molecule has 2 aliphatic heterocycles. The molecule has 2 saturated heterocycles. The van der Waals surface area contributed by atoms with E-state index in [1.165, 1.54) is 12.8 Å². The maximum absolute atomic E-state index is 13.7. The third-order valence-electron chi connectivity index (χ3n) is 13.1. The molecular weight excluding hydrogens is 813 g/mol. The molecule has 4 fully saturated rings. The summed E-state index contributed by atoms with van der Waals surface area (Å²) in [5, 5.41) is 27.2. The van der Waals surface area contributed by atoms with E-state index in [-0.39, 0.29) is 24.3 Å². The quantitative estimate of drug-likeness (QED) is 0.0372. The number of halogens is 2. The summed E-state index contributed by atoms with van der Waals surface area (Å²) in [5.74, 6) is 0.326. The molecule has 5 N–H and O–H groups in total. The normalized spacial score (nSPS) is 21.9. The van der Waals surface area contributed by atoms with E-state index in [0.29, 0.717) is 57.2 Å². The molecule has 13 heteroatoms. The highest BCUT2D eigenvalue weighted by Gasteiger charge is 2.39. The van der Waals surface area contributed by atoms with Crippen LogP contribution >= 0.6 is 23.2 Å². The molecule has 11 nitrogen and oxygen atoms in total. The Morgan fingerprint density at radius 2 is 1.46 bits per heavy atom. The number of aromatic nitrogens is 1. The lowest BCUT2D eigenvalue weighted by Gasteiger charge is -2.28. The van der Waals surface area contributed by atoms with Crippen LogP contribution in [-0.2, 0) is 4.79 Å². The zero-order chi connectivity index (χ0) is 42.6. The number of hydrogen-bond donors (Lipinski definition) is 4. The van der Waals surface area contributed by atoms with Crippen LogP contribution in [0.3, 0.4) is 0 Å². The summed E-state index contributed by atoms with van der Waals surface area (Å²) in [6, 6.07) is 17.3. The Kier molecular flexibility index (Phi) is 14.3. The third kappa shape index (κ3) is 11.1. The van der Waals surface area contributed by atoms with Crippen molar-refractivity contribution in [2.24, 2.45) is 11.7 Å². The van der Waals surface area contributed by atoms with Crippen LogP contribution in [0.5, 0.6) is 11.5 Å². The molecule has 4 aromatic rings. The molecule has 0 spiro atoms. The molecule has 1 aromatic heterocycles. The van der Waals surface area contributed by atoms with Gasteiger partial charge in [0.25, 0.3) is 5.91 Å². The lowest BCUT2D eigenvalue weighted by atomic mass is 10.0. The molecular formula is C48H61Cl2N5O6. The average molecular weight is 875 g/mol. The fourth-order valence-electron chi connectivity index (χ4n) is 9.13. The zero-order valence-electron chi connectivity index (χ0n) is 35.2. The molecule has 61 heavy (non-hydrogen) atoms. The van der Waals surface area contributed by atoms with Crippen LogP contribution in [0.1, 0.15) is 117 Å². The minimum absolute atomic E-state index is 0.139. The molecule has 328 valence electrons. The fraction of sp³-hybridized carbons (Fsp3) is 0.542. The van der Waals surface area contributed by atoms with Crippen LogP contribution in [0, 0.1) is 5.92 Å². The number of ketones is 1. The van der Waals surface area contributed by atoms with Crippen molar-refractivity contribution < 1.29 is 29.3 Å². The molecule has 0 bridgehead atoms. The van der Waals surface area contributed by atoms with Gasteiger partial charge in [-0.25, -0.2) is 0 Å². The van der Waals surface area contributed by atoms with Crippen LogP contribution in [-0.4, -0.2) is 99.8 Å². The van der Waals surface area contributed by atoms with E-state index in [0.717, 1.165) is 94.9 Å². The molecule has 8 rings (SSSR count). The Balaban J connectivity index is 0.818. The number of carbonyl (C=O) groups is 2. The Bertz CT molecular complexity index is 2150. The van der Waals surface area contributed by atoms with E-state index in [9.17, 15) is 19.8 Å². The van der Waals surface area contributed by atoms with Crippen LogP contribution in [0.4, 0.5) is 0 Å². The number of rotatable bonds is 21. The van der Waals surface area contributed by atoms with Gasteiger partial charge in [-0.05, 0) is 150 Å². The van der Waals surface area contributed by atoms with E-state index in [1.807, 2.05) is 30.3 Å². The number of nitrogens with one attached hydrogen (secondary N) is 1. The summed E-state index contributed by atoms with van der Waals surface area (Å²) in [6.45, 7) is 7.08. The largest absolute Gasteiger partial charge is 0.489 e. The molecule has 4 aliphatic rings. The van der Waals surface area contributed by atoms with E-state index in [4.69, 9.17) is 38.4 Å². The number of Topliss-reactive ketones (excluding diaryl/α,β-unsaturated/α-hetero) is 1. The van der Waals surface area contributed by atoms with Gasteiger partial charge in [0.2, 0.25) is 5.78 Å². The van der Waals surface area contributed by atoms with Gasteiger partial charge < -0.3 is 45.1 Å². The highest BCUT2D eigenvalue weighted by molar-refractivity contribution is 6.43. The number of nitrogens with two attached hydrogens (primary N) is 1. The van der Waals surface area contributed by atoms with Crippen molar-refractivity contribution >= 4 is 45.8 Å². The van der Waals surface area contributed by atoms with Gasteiger partial charge >= 0.3 is 0 Å². The summed E-state index contributed by atoms with van der Waals surface area (Å²) < 4.78 is 14.3. The molecule has 2 aliphatic carbocycles. The molecule has 0 radical (unpaired) electrons. The SMILES string of the molecule is CC(CCCCC1CC1Oc1ccc([C@@H](O)[C@H](N)CN2CCCC2)cc1Cl)n1ccc2ccc(C(=O)C(=O)N[C@H](CN3CCCC3)[C@H](O)c3ccc(OC4CC4)c(Cl)c3)cc21. The number of unbranched alkanes of at least 4 members (excludes halogenated alkanes) is 1. The monoisotopic (exact) mass is 873 g/mol. The summed E-state index contributed by atoms with van der Waals surface area (Å²) in [5.41, 5.74) is 8.83. The minimum atomic E-state index is -1.07. The van der Waals surface area contributed by atoms with Gasteiger partial charge in [-0.15, -0.1) is 0 Å². The number of benzene rings is 3. The van der Waals surface area contributed by atoms with Crippen molar-refractivity contribution in [2.45, 2.75) is 120 Å². The molecule has 3 unspecified atom stereocenters. The first-order valence-electron chi connectivity index (χ1n) is 22.4. The summed E-state index contributed by atoms with van der Waals surface area (Å²) in [4.78, 5) is 31.8. The maximum Gasteiger partial charge on any atom is 0.292 e. The number of ether oxygens (including phenoxy) is 2. The second-order valence-electron chi connectivity index (χ2n) is 18.0. The summed E-state index contributed by atoms with van der Waals surface area (Å²) >= 11 is 13.2. The van der Waals surface area contributed by atoms with Crippen molar-refractivity contribution in [3.8, 4) is 11.5 Å². The smallest absolute Gasteiger partial charge is 0.292 e. The first-order valence-corrected chi connectivity index (χ1v) is 23.2. The molecule has 3 aromatic carbocycles. The number of likely N-dealkylation sites (tertiary alicyclic amines) is 2. The van der Waals surface area contributed by atoms with Gasteiger partial charge in [-0.3, -0.25) is 9.59 Å². The molecule has 3 heterocycles. The van der Waals surface area contributed by atoms with Crippen LogP contribution in [0.25, 0.3) is 10.9 Å². The Labute approximate surface area is 369 Å². The van der Waals surface area contributed by atoms with Crippen LogP contribution < -0.4 is 20.5 Å². The standard InChI is InChI=1S/C48H61Cl2N5O6/c1-30(8-2-3-9-32-27-44(32)61-43-17-12-33(24-38(43)50)45(56)39(51)28-53-19-4-5-20-53)55-23-18-31-10-11-35(26-41(31)55)47(58)48(59)52-40(29-54-21-6-7-22-54)46(57)34-13-16-42(37(49)25-34)60-36-14-15-36/h10-13,16-18,23-26,30,32,36,39-40,44-46,56-57H,2-9,14-15,19-22,27-29,51H2,1H3,(H,52,59)/t30?,32?,39-,40-,44?,45-,46-/m1/s1. The van der Waals surface area contributed by atoms with Crippen molar-refractivity contribution in [1.29, 1.82) is 0 Å². The number of aliphatic hydroxyl groups is 2. The van der Waals surface area contributed by atoms with Crippen molar-refractivity contribution in [1.82, 2.24) is 19.7 Å². The summed E-state index contributed by atoms with van der Waals surface area (Å²) in [6.07, 6.45) is 12.2. The lowest BCUT2D eigenvalue weighted by Crippen LogP contribution is -2.48. The average Bonchev–Trinajstić information content (AvgIpc) is 3.97. The zero-order valence-corrected chi connectivity index (χ0v) is 36.7. The van der Waals surface area contributed by atoms with Crippen LogP contribution in [0.15, 0.2) is 66.9 Å². The van der Waals surface area contributed by atoms with Gasteiger partial charge in [-0.2, -0.15) is 0 Å². The van der Waals surface area contributed by atoms with E-state index < -0.39 is 29.9 Å². The van der Waals surface area contributed by atoms with Crippen LogP contribution in [0.2, 0.25) is 10.0 Å². The maximum atomic E-state index is 13.7. The van der Waals surface area contributed by atoms with Gasteiger partial charge in [-0.1, -0.05) is 60.3 Å². The summed E-state index contributed by atoms with van der Waals surface area (Å²) in [7, 11) is 0. The van der Waals surface area contributed by atoms with Gasteiger partial charge in [0, 0.05) is 42.5 Å². The minimum Gasteiger partial charge on any atom is -0.489 e. The molecule has 2 saturated carbocycles. The highest BCUT2D eigenvalue weighted by Crippen LogP contribution is 2.41. The third-order valence-corrected chi connectivity index (χ3v) is 13.7. The van der Waals surface area contributed by atoms with E-state index in [2.05, 4.69) is 32.8 Å². The van der Waals surface area contributed by atoms with Crippen molar-refractivity contribution in [3.05, 3.63) is 93.6 Å². The van der Waals surface area contributed by atoms with E-state index >= 15 is 0 Å². The Hall–Kier alpha value is -3.68.